The molecule has 2 aromatic rings. The third-order valence-electron chi connectivity index (χ3n) is 4.82. The monoisotopic (exact) mass is 295 g/mol. The van der Waals surface area contributed by atoms with E-state index in [9.17, 15) is 4.79 Å². The minimum atomic E-state index is 0.00896. The van der Waals surface area contributed by atoms with Gasteiger partial charge in [0, 0.05) is 24.8 Å². The van der Waals surface area contributed by atoms with E-state index >= 15 is 0 Å². The van der Waals surface area contributed by atoms with Gasteiger partial charge in [0.05, 0.1) is 0 Å². The molecule has 0 aliphatic carbocycles. The number of rotatable bonds is 3. The molecule has 1 aromatic heterocycles. The molecule has 1 unspecified atom stereocenters. The van der Waals surface area contributed by atoms with Crippen LogP contribution in [0.5, 0.6) is 0 Å². The van der Waals surface area contributed by atoms with Crippen LogP contribution in [0.4, 0.5) is 0 Å². The molecular formula is C18H21N3O. The van der Waals surface area contributed by atoms with Gasteiger partial charge in [-0.05, 0) is 43.0 Å². The number of benzene rings is 1. The summed E-state index contributed by atoms with van der Waals surface area (Å²) >= 11 is 0. The summed E-state index contributed by atoms with van der Waals surface area (Å²) in [6.07, 6.45) is 2.40. The van der Waals surface area contributed by atoms with E-state index in [-0.39, 0.29) is 11.9 Å². The Labute approximate surface area is 130 Å². The summed E-state index contributed by atoms with van der Waals surface area (Å²) in [5, 5.41) is 3.19. The molecule has 3 heterocycles. The number of nitrogens with zero attached hydrogens (tertiary/aromatic N) is 1. The third-order valence-corrected chi connectivity index (χ3v) is 4.82. The molecule has 3 atom stereocenters. The zero-order valence-corrected chi connectivity index (χ0v) is 12.6. The van der Waals surface area contributed by atoms with Crippen LogP contribution in [0.25, 0.3) is 11.3 Å². The highest BCUT2D eigenvalue weighted by molar-refractivity contribution is 5.93. The van der Waals surface area contributed by atoms with Crippen molar-refractivity contribution < 1.29 is 4.79 Å². The van der Waals surface area contributed by atoms with Gasteiger partial charge in [-0.3, -0.25) is 4.79 Å². The van der Waals surface area contributed by atoms with Crippen LogP contribution in [-0.2, 0) is 0 Å². The highest BCUT2D eigenvalue weighted by atomic mass is 16.1. The molecule has 2 fully saturated rings. The molecule has 2 bridgehead atoms. The minimum Gasteiger partial charge on any atom is -0.351 e. The number of hydrogen-bond acceptors (Lipinski definition) is 2. The van der Waals surface area contributed by atoms with Gasteiger partial charge in [-0.2, -0.15) is 0 Å². The van der Waals surface area contributed by atoms with Crippen molar-refractivity contribution in [2.24, 2.45) is 5.92 Å². The van der Waals surface area contributed by atoms with E-state index in [1.165, 1.54) is 19.5 Å². The van der Waals surface area contributed by atoms with Gasteiger partial charge in [-0.25, -0.2) is 0 Å². The number of carbonyl (C=O) groups excluding carboxylic acids is 1. The fraction of sp³-hybridized carbons (Fsp3) is 0.389. The first-order valence-electron chi connectivity index (χ1n) is 8.05. The van der Waals surface area contributed by atoms with Gasteiger partial charge in [-0.15, -0.1) is 0 Å². The maximum Gasteiger partial charge on any atom is 0.267 e. The zero-order chi connectivity index (χ0) is 14.9. The Bertz CT molecular complexity index is 652. The molecule has 4 nitrogen and oxygen atoms in total. The summed E-state index contributed by atoms with van der Waals surface area (Å²) < 4.78 is 0. The van der Waals surface area contributed by atoms with E-state index in [1.807, 2.05) is 42.5 Å². The average Bonchev–Trinajstić information content (AvgIpc) is 3.15. The lowest BCUT2D eigenvalue weighted by Crippen LogP contribution is -2.47. The molecule has 114 valence electrons. The molecule has 0 radical (unpaired) electrons. The molecule has 0 spiro atoms. The number of amides is 1. The lowest BCUT2D eigenvalue weighted by atomic mass is 9.97. The zero-order valence-electron chi connectivity index (χ0n) is 12.6. The molecule has 2 N–H and O–H groups in total. The Balaban J connectivity index is 1.44. The summed E-state index contributed by atoms with van der Waals surface area (Å²) in [7, 11) is 0. The van der Waals surface area contributed by atoms with Crippen molar-refractivity contribution in [2.75, 3.05) is 19.6 Å². The molecule has 1 amide bonds. The second kappa shape index (κ2) is 5.61. The van der Waals surface area contributed by atoms with E-state index in [4.69, 9.17) is 0 Å². The molecule has 2 aliphatic heterocycles. The molecule has 22 heavy (non-hydrogen) atoms. The fourth-order valence-corrected chi connectivity index (χ4v) is 3.74. The van der Waals surface area contributed by atoms with E-state index < -0.39 is 0 Å². The quantitative estimate of drug-likeness (QED) is 0.914. The molecule has 2 aliphatic rings. The summed E-state index contributed by atoms with van der Waals surface area (Å²) in [6, 6.07) is 14.2. The number of aromatic nitrogens is 1. The van der Waals surface area contributed by atoms with Crippen molar-refractivity contribution in [3.63, 3.8) is 0 Å². The Morgan fingerprint density at radius 1 is 1.14 bits per heavy atom. The fourth-order valence-electron chi connectivity index (χ4n) is 3.74. The predicted molar refractivity (Wildman–Crippen MR) is 86.6 cm³/mol. The number of carbonyl (C=O) groups is 1. The number of H-pyrrole nitrogens is 1. The van der Waals surface area contributed by atoms with Gasteiger partial charge in [0.25, 0.3) is 5.91 Å². The van der Waals surface area contributed by atoms with Crippen LogP contribution in [-0.4, -0.2) is 41.5 Å². The third kappa shape index (κ3) is 2.66. The first-order chi connectivity index (χ1) is 10.8. The average molecular weight is 295 g/mol. The lowest BCUT2D eigenvalue weighted by Gasteiger charge is -2.30. The molecule has 0 saturated carbocycles. The maximum atomic E-state index is 12.4. The SMILES string of the molecule is O=C(N[C@@H]1C[C@H]2CCN(C2)C1)c1ccc(-c2ccccc2)[nH]1. The molecule has 2 saturated heterocycles. The number of hydrogen-bond donors (Lipinski definition) is 2. The number of piperidine rings is 1. The molecule has 4 heteroatoms. The standard InChI is InChI=1S/C18H21N3O/c22-18(19-15-10-13-8-9-21(11-13)12-15)17-7-6-16(20-17)14-4-2-1-3-5-14/h1-7,13,15,20H,8-12H2,(H,19,22)/t13-,15-/m1/s1. The summed E-state index contributed by atoms with van der Waals surface area (Å²) in [5.41, 5.74) is 2.73. The minimum absolute atomic E-state index is 0.00896. The van der Waals surface area contributed by atoms with Crippen LogP contribution in [0.3, 0.4) is 0 Å². The van der Waals surface area contributed by atoms with Crippen molar-refractivity contribution in [3.8, 4) is 11.3 Å². The van der Waals surface area contributed by atoms with Gasteiger partial charge in [-0.1, -0.05) is 30.3 Å². The van der Waals surface area contributed by atoms with Crippen molar-refractivity contribution in [1.82, 2.24) is 15.2 Å². The maximum absolute atomic E-state index is 12.4. The van der Waals surface area contributed by atoms with Gasteiger partial charge in [0.2, 0.25) is 0 Å². The highest BCUT2D eigenvalue weighted by Gasteiger charge is 2.33. The van der Waals surface area contributed by atoms with Crippen LogP contribution in [0.2, 0.25) is 0 Å². The Hall–Kier alpha value is -2.07. The lowest BCUT2D eigenvalue weighted by molar-refractivity contribution is 0.0905. The molecule has 4 rings (SSSR count). The topological polar surface area (TPSA) is 48.1 Å². The van der Waals surface area contributed by atoms with E-state index in [2.05, 4.69) is 15.2 Å². The summed E-state index contributed by atoms with van der Waals surface area (Å²) in [5.74, 6) is 0.775. The van der Waals surface area contributed by atoms with Crippen molar-refractivity contribution in [2.45, 2.75) is 18.9 Å². The van der Waals surface area contributed by atoms with Gasteiger partial charge in [0.15, 0.2) is 0 Å². The highest BCUT2D eigenvalue weighted by Crippen LogP contribution is 2.27. The summed E-state index contributed by atoms with van der Waals surface area (Å²) in [4.78, 5) is 18.1. The second-order valence-electron chi connectivity index (χ2n) is 6.47. The number of fused-ring (bicyclic) bond motifs is 2. The van der Waals surface area contributed by atoms with Gasteiger partial charge >= 0.3 is 0 Å². The van der Waals surface area contributed by atoms with Crippen LogP contribution in [0.15, 0.2) is 42.5 Å². The normalized spacial score (nSPS) is 26.8. The predicted octanol–water partition coefficient (Wildman–Crippen LogP) is 2.51. The van der Waals surface area contributed by atoms with E-state index in [0.29, 0.717) is 5.69 Å². The number of nitrogens with one attached hydrogen (secondary N) is 2. The second-order valence-corrected chi connectivity index (χ2v) is 6.47. The first kappa shape index (κ1) is 13.6. The van der Waals surface area contributed by atoms with Crippen molar-refractivity contribution in [1.29, 1.82) is 0 Å². The largest absolute Gasteiger partial charge is 0.351 e. The molecule has 1 aromatic carbocycles. The Morgan fingerprint density at radius 3 is 2.82 bits per heavy atom. The Morgan fingerprint density at radius 2 is 2.00 bits per heavy atom. The van der Waals surface area contributed by atoms with Crippen molar-refractivity contribution in [3.05, 3.63) is 48.2 Å². The number of aromatic amines is 1. The summed E-state index contributed by atoms with van der Waals surface area (Å²) in [6.45, 7) is 3.40. The van der Waals surface area contributed by atoms with Gasteiger partial charge < -0.3 is 15.2 Å². The Kier molecular flexibility index (Phi) is 3.47. The van der Waals surface area contributed by atoms with Crippen molar-refractivity contribution >= 4 is 5.91 Å². The van der Waals surface area contributed by atoms with Crippen LogP contribution in [0.1, 0.15) is 23.3 Å². The van der Waals surface area contributed by atoms with Crippen LogP contribution < -0.4 is 5.32 Å². The van der Waals surface area contributed by atoms with E-state index in [0.717, 1.165) is 30.1 Å². The first-order valence-corrected chi connectivity index (χ1v) is 8.05. The van der Waals surface area contributed by atoms with Crippen LogP contribution >= 0.6 is 0 Å². The smallest absolute Gasteiger partial charge is 0.267 e. The van der Waals surface area contributed by atoms with E-state index in [1.54, 1.807) is 0 Å². The van der Waals surface area contributed by atoms with Gasteiger partial charge in [0.1, 0.15) is 5.69 Å². The molecular weight excluding hydrogens is 274 g/mol. The van der Waals surface area contributed by atoms with Crippen LogP contribution in [0, 0.1) is 5.92 Å².